The molecule has 0 aromatic heterocycles. The highest BCUT2D eigenvalue weighted by molar-refractivity contribution is 9.10. The molecule has 21 heavy (non-hydrogen) atoms. The predicted molar refractivity (Wildman–Crippen MR) is 94.0 cm³/mol. The maximum atomic E-state index is 12.7. The number of hydrogen-bond donors (Lipinski definition) is 0. The summed E-state index contributed by atoms with van der Waals surface area (Å²) in [6.45, 7) is 3.87. The third kappa shape index (κ3) is 3.16. The van der Waals surface area contributed by atoms with E-state index in [4.69, 9.17) is 0 Å². The van der Waals surface area contributed by atoms with Gasteiger partial charge < -0.3 is 4.90 Å². The summed E-state index contributed by atoms with van der Waals surface area (Å²) in [6, 6.07) is 12.1. The standard InChI is InChI=1S/C17H17Br2NO/c1-11-6-7-20(10-16(11)19)17(21)14-3-2-13-9-15(18)5-4-12(13)8-14/h2-5,8-9,11,16H,6-7,10H2,1H3. The summed E-state index contributed by atoms with van der Waals surface area (Å²) >= 11 is 7.16. The Bertz CT molecular complexity index is 686. The second-order valence-electron chi connectivity index (χ2n) is 5.74. The van der Waals surface area contributed by atoms with Crippen molar-refractivity contribution in [1.82, 2.24) is 4.90 Å². The molecule has 4 heteroatoms. The van der Waals surface area contributed by atoms with E-state index in [1.807, 2.05) is 35.2 Å². The molecule has 0 spiro atoms. The molecule has 1 saturated heterocycles. The summed E-state index contributed by atoms with van der Waals surface area (Å²) in [4.78, 5) is 15.0. The number of piperidine rings is 1. The van der Waals surface area contributed by atoms with Gasteiger partial charge in [-0.1, -0.05) is 50.9 Å². The van der Waals surface area contributed by atoms with Gasteiger partial charge in [-0.15, -0.1) is 0 Å². The van der Waals surface area contributed by atoms with Crippen molar-refractivity contribution in [2.24, 2.45) is 5.92 Å². The van der Waals surface area contributed by atoms with Gasteiger partial charge in [0.05, 0.1) is 0 Å². The third-order valence-electron chi connectivity index (χ3n) is 4.20. The minimum absolute atomic E-state index is 0.135. The van der Waals surface area contributed by atoms with E-state index < -0.39 is 0 Å². The first-order valence-corrected chi connectivity index (χ1v) is 8.88. The lowest BCUT2D eigenvalue weighted by Crippen LogP contribution is -2.43. The first kappa shape index (κ1) is 15.0. The number of halogens is 2. The summed E-state index contributed by atoms with van der Waals surface area (Å²) in [5.74, 6) is 0.763. The summed E-state index contributed by atoms with van der Waals surface area (Å²) < 4.78 is 1.06. The first-order valence-electron chi connectivity index (χ1n) is 7.17. The quantitative estimate of drug-likeness (QED) is 0.615. The number of likely N-dealkylation sites (tertiary alicyclic amines) is 1. The van der Waals surface area contributed by atoms with Crippen LogP contribution in [0, 0.1) is 5.92 Å². The number of rotatable bonds is 1. The highest BCUT2D eigenvalue weighted by Crippen LogP contribution is 2.26. The minimum atomic E-state index is 0.135. The van der Waals surface area contributed by atoms with Gasteiger partial charge in [-0.3, -0.25) is 4.79 Å². The molecule has 0 N–H and O–H groups in total. The smallest absolute Gasteiger partial charge is 0.253 e. The van der Waals surface area contributed by atoms with Crippen molar-refractivity contribution in [3.63, 3.8) is 0 Å². The van der Waals surface area contributed by atoms with Crippen molar-refractivity contribution in [3.05, 3.63) is 46.4 Å². The molecular formula is C17H17Br2NO. The van der Waals surface area contributed by atoms with Crippen LogP contribution in [-0.2, 0) is 0 Å². The molecule has 3 rings (SSSR count). The zero-order valence-corrected chi connectivity index (χ0v) is 15.0. The Hall–Kier alpha value is -0.870. The molecule has 0 bridgehead atoms. The molecule has 1 fully saturated rings. The summed E-state index contributed by atoms with van der Waals surface area (Å²) in [5, 5.41) is 2.25. The number of benzene rings is 2. The molecule has 110 valence electrons. The van der Waals surface area contributed by atoms with Gasteiger partial charge in [0.1, 0.15) is 0 Å². The second kappa shape index (κ2) is 6.09. The van der Waals surface area contributed by atoms with Crippen molar-refractivity contribution in [2.45, 2.75) is 18.2 Å². The van der Waals surface area contributed by atoms with Gasteiger partial charge >= 0.3 is 0 Å². The number of nitrogens with zero attached hydrogens (tertiary/aromatic N) is 1. The van der Waals surface area contributed by atoms with Gasteiger partial charge in [0, 0.05) is 28.0 Å². The Morgan fingerprint density at radius 1 is 1.19 bits per heavy atom. The van der Waals surface area contributed by atoms with E-state index in [1.165, 1.54) is 0 Å². The zero-order valence-electron chi connectivity index (χ0n) is 11.9. The zero-order chi connectivity index (χ0) is 15.0. The molecule has 1 amide bonds. The molecule has 2 aromatic carbocycles. The van der Waals surface area contributed by atoms with E-state index >= 15 is 0 Å². The fourth-order valence-corrected chi connectivity index (χ4v) is 3.73. The van der Waals surface area contributed by atoms with E-state index in [1.54, 1.807) is 0 Å². The van der Waals surface area contributed by atoms with Crippen LogP contribution >= 0.6 is 31.9 Å². The largest absolute Gasteiger partial charge is 0.338 e. The van der Waals surface area contributed by atoms with Crippen molar-refractivity contribution < 1.29 is 4.79 Å². The maximum Gasteiger partial charge on any atom is 0.253 e. The van der Waals surface area contributed by atoms with E-state index in [2.05, 4.69) is 44.8 Å². The van der Waals surface area contributed by atoms with Crippen LogP contribution in [0.25, 0.3) is 10.8 Å². The molecular weight excluding hydrogens is 394 g/mol. The van der Waals surface area contributed by atoms with Crippen LogP contribution in [0.5, 0.6) is 0 Å². The lowest BCUT2D eigenvalue weighted by atomic mass is 9.98. The number of hydrogen-bond acceptors (Lipinski definition) is 1. The average molecular weight is 411 g/mol. The monoisotopic (exact) mass is 409 g/mol. The third-order valence-corrected chi connectivity index (χ3v) is 5.89. The SMILES string of the molecule is CC1CCN(C(=O)c2ccc3cc(Br)ccc3c2)CC1Br. The van der Waals surface area contributed by atoms with Crippen molar-refractivity contribution in [3.8, 4) is 0 Å². The highest BCUT2D eigenvalue weighted by atomic mass is 79.9. The molecule has 1 aliphatic heterocycles. The summed E-state index contributed by atoms with van der Waals surface area (Å²) in [7, 11) is 0. The summed E-state index contributed by atoms with van der Waals surface area (Å²) in [5.41, 5.74) is 0.777. The van der Waals surface area contributed by atoms with Gasteiger partial charge in [0.25, 0.3) is 5.91 Å². The minimum Gasteiger partial charge on any atom is -0.338 e. The van der Waals surface area contributed by atoms with Gasteiger partial charge in [-0.25, -0.2) is 0 Å². The molecule has 1 aliphatic rings. The van der Waals surface area contributed by atoms with Gasteiger partial charge in [0.2, 0.25) is 0 Å². The molecule has 1 heterocycles. The average Bonchev–Trinajstić information content (AvgIpc) is 2.49. The molecule has 2 atom stereocenters. The molecule has 2 aromatic rings. The number of alkyl halides is 1. The van der Waals surface area contributed by atoms with E-state index in [0.717, 1.165) is 40.3 Å². The van der Waals surface area contributed by atoms with Gasteiger partial charge in [0.15, 0.2) is 0 Å². The molecule has 2 nitrogen and oxygen atoms in total. The van der Waals surface area contributed by atoms with Crippen LogP contribution < -0.4 is 0 Å². The van der Waals surface area contributed by atoms with Crippen LogP contribution in [0.2, 0.25) is 0 Å². The van der Waals surface area contributed by atoms with E-state index in [9.17, 15) is 4.79 Å². The lowest BCUT2D eigenvalue weighted by Gasteiger charge is -2.34. The Kier molecular flexibility index (Phi) is 4.36. The van der Waals surface area contributed by atoms with Crippen molar-refractivity contribution in [1.29, 1.82) is 0 Å². The molecule has 0 aliphatic carbocycles. The van der Waals surface area contributed by atoms with Crippen LogP contribution in [0.15, 0.2) is 40.9 Å². The maximum absolute atomic E-state index is 12.7. The number of carbonyl (C=O) groups is 1. The molecule has 0 radical (unpaired) electrons. The first-order chi connectivity index (χ1) is 10.0. The Morgan fingerprint density at radius 2 is 1.90 bits per heavy atom. The predicted octanol–water partition coefficient (Wildman–Crippen LogP) is 4.85. The van der Waals surface area contributed by atoms with E-state index in [0.29, 0.717) is 10.7 Å². The number of fused-ring (bicyclic) bond motifs is 1. The fraction of sp³-hybridized carbons (Fsp3) is 0.353. The van der Waals surface area contributed by atoms with Crippen molar-refractivity contribution >= 4 is 48.5 Å². The Balaban J connectivity index is 1.86. The number of carbonyl (C=O) groups excluding carboxylic acids is 1. The Morgan fingerprint density at radius 3 is 2.67 bits per heavy atom. The van der Waals surface area contributed by atoms with E-state index in [-0.39, 0.29) is 5.91 Å². The van der Waals surface area contributed by atoms with Crippen LogP contribution in [0.1, 0.15) is 23.7 Å². The van der Waals surface area contributed by atoms with Gasteiger partial charge in [-0.2, -0.15) is 0 Å². The number of amides is 1. The normalized spacial score (nSPS) is 22.5. The highest BCUT2D eigenvalue weighted by Gasteiger charge is 2.27. The molecule has 2 unspecified atom stereocenters. The van der Waals surface area contributed by atoms with Crippen molar-refractivity contribution in [2.75, 3.05) is 13.1 Å². The van der Waals surface area contributed by atoms with Crippen LogP contribution in [0.3, 0.4) is 0 Å². The van der Waals surface area contributed by atoms with Crippen LogP contribution in [0.4, 0.5) is 0 Å². The lowest BCUT2D eigenvalue weighted by molar-refractivity contribution is 0.0706. The van der Waals surface area contributed by atoms with Gasteiger partial charge in [-0.05, 0) is 47.4 Å². The van der Waals surface area contributed by atoms with Crippen LogP contribution in [-0.4, -0.2) is 28.7 Å². The Labute approximate surface area is 141 Å². The fourth-order valence-electron chi connectivity index (χ4n) is 2.74. The molecule has 0 saturated carbocycles. The topological polar surface area (TPSA) is 20.3 Å². The second-order valence-corrected chi connectivity index (χ2v) is 7.83. The summed E-state index contributed by atoms with van der Waals surface area (Å²) in [6.07, 6.45) is 1.06.